The van der Waals surface area contributed by atoms with Crippen molar-refractivity contribution in [1.82, 2.24) is 20.2 Å². The third kappa shape index (κ3) is 6.42. The highest BCUT2D eigenvalue weighted by atomic mass is 32.2. The van der Waals surface area contributed by atoms with E-state index in [0.29, 0.717) is 24.5 Å². The number of anilines is 1. The molecule has 162 valence electrons. The highest BCUT2D eigenvalue weighted by Crippen LogP contribution is 2.24. The molecule has 0 saturated carbocycles. The lowest BCUT2D eigenvalue weighted by molar-refractivity contribution is 0.0937. The van der Waals surface area contributed by atoms with Crippen molar-refractivity contribution in [2.75, 3.05) is 57.9 Å². The van der Waals surface area contributed by atoms with Crippen molar-refractivity contribution < 1.29 is 9.53 Å². The molecule has 1 aromatic heterocycles. The number of hydrogen-bond acceptors (Lipinski definition) is 7. The molecular weight excluding hydrogens is 398 g/mol. The van der Waals surface area contributed by atoms with Crippen LogP contribution in [0.1, 0.15) is 28.5 Å². The highest BCUT2D eigenvalue weighted by Gasteiger charge is 2.18. The Morgan fingerprint density at radius 3 is 2.73 bits per heavy atom. The Morgan fingerprint density at radius 2 is 2.00 bits per heavy atom. The summed E-state index contributed by atoms with van der Waals surface area (Å²) in [6, 6.07) is 9.76. The normalized spacial score (nSPS) is 14.7. The molecule has 1 aromatic carbocycles. The third-order valence-corrected chi connectivity index (χ3v) is 6.03. The van der Waals surface area contributed by atoms with Crippen LogP contribution in [-0.2, 0) is 10.5 Å². The summed E-state index contributed by atoms with van der Waals surface area (Å²) in [6.07, 6.45) is 0. The number of ether oxygens (including phenoxy) is 1. The maximum absolute atomic E-state index is 12.2. The van der Waals surface area contributed by atoms with E-state index in [9.17, 15) is 4.79 Å². The fourth-order valence-electron chi connectivity index (χ4n) is 3.36. The van der Waals surface area contributed by atoms with Gasteiger partial charge in [0.1, 0.15) is 5.82 Å². The van der Waals surface area contributed by atoms with E-state index in [1.165, 1.54) is 0 Å². The van der Waals surface area contributed by atoms with Crippen molar-refractivity contribution in [2.24, 2.45) is 0 Å². The van der Waals surface area contributed by atoms with Crippen molar-refractivity contribution in [3.05, 3.63) is 47.2 Å². The van der Waals surface area contributed by atoms with Crippen molar-refractivity contribution >= 4 is 23.5 Å². The molecule has 0 aliphatic carbocycles. The number of aromatic nitrogens is 2. The summed E-state index contributed by atoms with van der Waals surface area (Å²) in [5, 5.41) is 3.63. The number of rotatable bonds is 9. The minimum Gasteiger partial charge on any atom is -0.383 e. The van der Waals surface area contributed by atoms with Crippen LogP contribution in [0.4, 0.5) is 5.82 Å². The highest BCUT2D eigenvalue weighted by molar-refractivity contribution is 7.98. The number of methoxy groups -OCH3 is 1. The number of benzene rings is 1. The van der Waals surface area contributed by atoms with E-state index >= 15 is 0 Å². The Balaban J connectivity index is 1.61. The molecule has 0 atom stereocenters. The second-order valence-electron chi connectivity index (χ2n) is 7.31. The summed E-state index contributed by atoms with van der Waals surface area (Å²) in [4.78, 5) is 26.4. The fraction of sp³-hybridized carbons (Fsp3) is 0.500. The molecule has 3 rings (SSSR count). The van der Waals surface area contributed by atoms with Gasteiger partial charge in [-0.05, 0) is 31.2 Å². The van der Waals surface area contributed by atoms with E-state index in [0.717, 1.165) is 55.0 Å². The quantitative estimate of drug-likeness (QED) is 0.373. The number of thioether (sulfide) groups is 1. The summed E-state index contributed by atoms with van der Waals surface area (Å²) in [5.74, 6) is 1.64. The van der Waals surface area contributed by atoms with Crippen LogP contribution >= 0.6 is 11.8 Å². The molecular formula is C22H31N5O2S. The molecule has 0 unspecified atom stereocenters. The van der Waals surface area contributed by atoms with Gasteiger partial charge in [0, 0.05) is 62.9 Å². The molecule has 1 aliphatic rings. The zero-order valence-corrected chi connectivity index (χ0v) is 18.9. The van der Waals surface area contributed by atoms with Gasteiger partial charge in [-0.25, -0.2) is 9.97 Å². The summed E-state index contributed by atoms with van der Waals surface area (Å²) in [6.45, 7) is 10.5. The number of hydrogen-bond donors (Lipinski definition) is 1. The summed E-state index contributed by atoms with van der Waals surface area (Å²) >= 11 is 1.60. The molecule has 8 heteroatoms. The van der Waals surface area contributed by atoms with Gasteiger partial charge in [0.2, 0.25) is 0 Å². The second kappa shape index (κ2) is 11.3. The third-order valence-electron chi connectivity index (χ3n) is 5.11. The Hall–Kier alpha value is -2.16. The second-order valence-corrected chi connectivity index (χ2v) is 8.25. The van der Waals surface area contributed by atoms with Crippen molar-refractivity contribution in [3.8, 4) is 0 Å². The molecule has 1 N–H and O–H groups in total. The van der Waals surface area contributed by atoms with Gasteiger partial charge in [0.15, 0.2) is 5.16 Å². The van der Waals surface area contributed by atoms with Crippen LogP contribution in [0.2, 0.25) is 0 Å². The SMILES string of the molecule is CCN1CCN(c2cc(C)nc(SCc3cccc(C(=O)NCCOC)c3)n2)CC1. The monoisotopic (exact) mass is 429 g/mol. The first-order valence-corrected chi connectivity index (χ1v) is 11.4. The van der Waals surface area contributed by atoms with Gasteiger partial charge in [-0.3, -0.25) is 4.79 Å². The smallest absolute Gasteiger partial charge is 0.251 e. The topological polar surface area (TPSA) is 70.6 Å². The molecule has 1 fully saturated rings. The Labute approximate surface area is 183 Å². The fourth-order valence-corrected chi connectivity index (χ4v) is 4.21. The van der Waals surface area contributed by atoms with Gasteiger partial charge >= 0.3 is 0 Å². The van der Waals surface area contributed by atoms with Gasteiger partial charge in [-0.15, -0.1) is 0 Å². The standard InChI is InChI=1S/C22H31N5O2S/c1-4-26-9-11-27(12-10-26)20-14-17(2)24-22(25-20)30-16-18-6-5-7-19(15-18)21(28)23-8-13-29-3/h5-7,14-15H,4,8-13,16H2,1-3H3,(H,23,28). The molecule has 2 heterocycles. The predicted octanol–water partition coefficient (Wildman–Crippen LogP) is 2.60. The lowest BCUT2D eigenvalue weighted by Gasteiger charge is -2.34. The first-order valence-electron chi connectivity index (χ1n) is 10.4. The predicted molar refractivity (Wildman–Crippen MR) is 121 cm³/mol. The first-order chi connectivity index (χ1) is 14.6. The summed E-state index contributed by atoms with van der Waals surface area (Å²) in [5.41, 5.74) is 2.71. The number of carbonyl (C=O) groups excluding carboxylic acids is 1. The van der Waals surface area contributed by atoms with Crippen molar-refractivity contribution in [1.29, 1.82) is 0 Å². The largest absolute Gasteiger partial charge is 0.383 e. The van der Waals surface area contributed by atoms with Crippen LogP contribution in [-0.4, -0.2) is 73.8 Å². The van der Waals surface area contributed by atoms with E-state index in [4.69, 9.17) is 9.72 Å². The Morgan fingerprint density at radius 1 is 1.20 bits per heavy atom. The van der Waals surface area contributed by atoms with E-state index in [1.807, 2.05) is 31.2 Å². The van der Waals surface area contributed by atoms with Crippen LogP contribution in [0.15, 0.2) is 35.5 Å². The lowest BCUT2D eigenvalue weighted by atomic mass is 10.1. The van der Waals surface area contributed by atoms with Crippen molar-refractivity contribution in [2.45, 2.75) is 24.8 Å². The van der Waals surface area contributed by atoms with Crippen LogP contribution in [0.3, 0.4) is 0 Å². The Kier molecular flexibility index (Phi) is 8.48. The van der Waals surface area contributed by atoms with Crippen LogP contribution in [0, 0.1) is 6.92 Å². The van der Waals surface area contributed by atoms with Gasteiger partial charge < -0.3 is 19.9 Å². The number of likely N-dealkylation sites (N-methyl/N-ethyl adjacent to an activating group) is 1. The minimum atomic E-state index is -0.0841. The number of nitrogens with zero attached hydrogens (tertiary/aromatic N) is 4. The molecule has 1 aliphatic heterocycles. The maximum Gasteiger partial charge on any atom is 0.251 e. The summed E-state index contributed by atoms with van der Waals surface area (Å²) < 4.78 is 4.98. The molecule has 1 saturated heterocycles. The number of piperazine rings is 1. The minimum absolute atomic E-state index is 0.0841. The average molecular weight is 430 g/mol. The molecule has 2 aromatic rings. The molecule has 30 heavy (non-hydrogen) atoms. The number of carbonyl (C=O) groups is 1. The Bertz CT molecular complexity index is 840. The maximum atomic E-state index is 12.2. The van der Waals surface area contributed by atoms with E-state index in [1.54, 1.807) is 18.9 Å². The molecule has 1 amide bonds. The van der Waals surface area contributed by atoms with Gasteiger partial charge in [0.25, 0.3) is 5.91 Å². The number of nitrogens with one attached hydrogen (secondary N) is 1. The van der Waals surface area contributed by atoms with Gasteiger partial charge in [-0.1, -0.05) is 30.8 Å². The number of aryl methyl sites for hydroxylation is 1. The zero-order valence-electron chi connectivity index (χ0n) is 18.1. The zero-order chi connectivity index (χ0) is 21.3. The number of amides is 1. The first kappa shape index (κ1) is 22.5. The molecule has 0 radical (unpaired) electrons. The van der Waals surface area contributed by atoms with E-state index in [2.05, 4.69) is 33.1 Å². The van der Waals surface area contributed by atoms with Gasteiger partial charge in [0.05, 0.1) is 6.61 Å². The van der Waals surface area contributed by atoms with E-state index < -0.39 is 0 Å². The van der Waals surface area contributed by atoms with Crippen LogP contribution < -0.4 is 10.2 Å². The van der Waals surface area contributed by atoms with Crippen molar-refractivity contribution in [3.63, 3.8) is 0 Å². The molecule has 0 spiro atoms. The molecule has 7 nitrogen and oxygen atoms in total. The van der Waals surface area contributed by atoms with Crippen LogP contribution in [0.25, 0.3) is 0 Å². The van der Waals surface area contributed by atoms with Gasteiger partial charge in [-0.2, -0.15) is 0 Å². The summed E-state index contributed by atoms with van der Waals surface area (Å²) in [7, 11) is 1.62. The average Bonchev–Trinajstić information content (AvgIpc) is 2.77. The molecule has 0 bridgehead atoms. The van der Waals surface area contributed by atoms with E-state index in [-0.39, 0.29) is 5.91 Å². The van der Waals surface area contributed by atoms with Crippen LogP contribution in [0.5, 0.6) is 0 Å². The lowest BCUT2D eigenvalue weighted by Crippen LogP contribution is -2.46.